The number of rotatable bonds is 8. The topological polar surface area (TPSA) is 32.7 Å². The van der Waals surface area contributed by atoms with Gasteiger partial charge in [-0.15, -0.1) is 0 Å². The first kappa shape index (κ1) is 18.3. The van der Waals surface area contributed by atoms with Crippen molar-refractivity contribution in [2.45, 2.75) is 70.9 Å². The molecule has 0 bridgehead atoms. The van der Waals surface area contributed by atoms with Gasteiger partial charge in [-0.1, -0.05) is 58.2 Å². The van der Waals surface area contributed by atoms with E-state index >= 15 is 0 Å². The highest BCUT2D eigenvalue weighted by Gasteiger charge is 2.22. The number of aliphatic hydroxyl groups excluding tert-OH is 1. The highest BCUT2D eigenvalue weighted by molar-refractivity contribution is 5.35. The predicted molar refractivity (Wildman–Crippen MR) is 96.2 cm³/mol. The van der Waals surface area contributed by atoms with Crippen LogP contribution in [0.25, 0.3) is 0 Å². The van der Waals surface area contributed by atoms with Crippen molar-refractivity contribution >= 4 is 0 Å². The minimum atomic E-state index is -0.433. The molecule has 1 aliphatic carbocycles. The summed E-state index contributed by atoms with van der Waals surface area (Å²) < 4.78 is 5.92. The van der Waals surface area contributed by atoms with Crippen molar-refractivity contribution in [1.82, 2.24) is 4.90 Å². The first-order chi connectivity index (χ1) is 11.1. The van der Waals surface area contributed by atoms with Gasteiger partial charge in [-0.25, -0.2) is 0 Å². The van der Waals surface area contributed by atoms with Gasteiger partial charge in [-0.2, -0.15) is 0 Å². The lowest BCUT2D eigenvalue weighted by Gasteiger charge is -2.34. The monoisotopic (exact) mass is 319 g/mol. The number of aliphatic hydroxyl groups is 1. The van der Waals surface area contributed by atoms with Crippen molar-refractivity contribution in [3.05, 3.63) is 29.8 Å². The van der Waals surface area contributed by atoms with Crippen LogP contribution in [0.3, 0.4) is 0 Å². The van der Waals surface area contributed by atoms with E-state index in [9.17, 15) is 5.11 Å². The maximum Gasteiger partial charge on any atom is 0.122 e. The van der Waals surface area contributed by atoms with E-state index in [1.807, 2.05) is 18.2 Å². The lowest BCUT2D eigenvalue weighted by molar-refractivity contribution is 0.0460. The van der Waals surface area contributed by atoms with Crippen LogP contribution in [0.2, 0.25) is 0 Å². The van der Waals surface area contributed by atoms with Crippen LogP contribution in [-0.2, 0) is 0 Å². The fourth-order valence-electron chi connectivity index (χ4n) is 3.58. The third kappa shape index (κ3) is 5.50. The first-order valence-electron chi connectivity index (χ1n) is 9.25. The molecule has 0 unspecified atom stereocenters. The van der Waals surface area contributed by atoms with Crippen molar-refractivity contribution in [2.24, 2.45) is 0 Å². The van der Waals surface area contributed by atoms with Gasteiger partial charge in [0.2, 0.25) is 0 Å². The second kappa shape index (κ2) is 9.29. The second-order valence-electron chi connectivity index (χ2n) is 7.04. The Morgan fingerprint density at radius 2 is 1.87 bits per heavy atom. The standard InChI is InChI=1S/C20H33NO2/c1-4-21(17-10-6-5-7-11-17)14-18(22)15-23-20-13-9-8-12-19(20)16(2)3/h8-9,12-13,16-18,22H,4-7,10-11,14-15H2,1-3H3/t18-/m0/s1. The normalized spacial score (nSPS) is 17.7. The summed E-state index contributed by atoms with van der Waals surface area (Å²) in [7, 11) is 0. The predicted octanol–water partition coefficient (Wildman–Crippen LogP) is 4.20. The number of para-hydroxylation sites is 1. The third-order valence-electron chi connectivity index (χ3n) is 4.91. The molecule has 0 heterocycles. The van der Waals surface area contributed by atoms with E-state index in [-0.39, 0.29) is 0 Å². The summed E-state index contributed by atoms with van der Waals surface area (Å²) in [6.45, 7) is 8.61. The summed E-state index contributed by atoms with van der Waals surface area (Å²) in [6, 6.07) is 8.79. The SMILES string of the molecule is CCN(C[C@H](O)COc1ccccc1C(C)C)C1CCCCC1. The van der Waals surface area contributed by atoms with Crippen LogP contribution < -0.4 is 4.74 Å². The summed E-state index contributed by atoms with van der Waals surface area (Å²) in [5, 5.41) is 10.4. The van der Waals surface area contributed by atoms with E-state index in [1.54, 1.807) is 0 Å². The second-order valence-corrected chi connectivity index (χ2v) is 7.04. The van der Waals surface area contributed by atoms with Crippen LogP contribution in [0, 0.1) is 0 Å². The molecule has 1 N–H and O–H groups in total. The summed E-state index contributed by atoms with van der Waals surface area (Å²) >= 11 is 0. The zero-order valence-electron chi connectivity index (χ0n) is 15.0. The van der Waals surface area contributed by atoms with Crippen LogP contribution >= 0.6 is 0 Å². The third-order valence-corrected chi connectivity index (χ3v) is 4.91. The number of likely N-dealkylation sites (N-methyl/N-ethyl adjacent to an activating group) is 1. The van der Waals surface area contributed by atoms with Crippen LogP contribution in [0.4, 0.5) is 0 Å². The maximum atomic E-state index is 10.4. The Morgan fingerprint density at radius 1 is 1.17 bits per heavy atom. The highest BCUT2D eigenvalue weighted by Crippen LogP contribution is 2.26. The number of ether oxygens (including phenoxy) is 1. The summed E-state index contributed by atoms with van der Waals surface area (Å²) in [5.74, 6) is 1.33. The van der Waals surface area contributed by atoms with Gasteiger partial charge >= 0.3 is 0 Å². The van der Waals surface area contributed by atoms with Gasteiger partial charge in [0.05, 0.1) is 0 Å². The van der Waals surface area contributed by atoms with Crippen molar-refractivity contribution in [3.8, 4) is 5.75 Å². The molecule has 130 valence electrons. The molecule has 0 amide bonds. The molecule has 0 aliphatic heterocycles. The van der Waals surface area contributed by atoms with Gasteiger partial charge in [-0.3, -0.25) is 4.90 Å². The van der Waals surface area contributed by atoms with Crippen molar-refractivity contribution < 1.29 is 9.84 Å². The Labute approximate surface area is 141 Å². The van der Waals surface area contributed by atoms with Crippen LogP contribution in [0.5, 0.6) is 5.75 Å². The summed E-state index contributed by atoms with van der Waals surface area (Å²) in [4.78, 5) is 2.43. The molecule has 2 rings (SSSR count). The summed E-state index contributed by atoms with van der Waals surface area (Å²) in [5.41, 5.74) is 1.21. The van der Waals surface area contributed by atoms with Crippen LogP contribution in [0.1, 0.15) is 64.4 Å². The average Bonchev–Trinajstić information content (AvgIpc) is 2.58. The quantitative estimate of drug-likeness (QED) is 0.779. The Balaban J connectivity index is 1.85. The minimum absolute atomic E-state index is 0.368. The van der Waals surface area contributed by atoms with E-state index < -0.39 is 6.10 Å². The largest absolute Gasteiger partial charge is 0.491 e. The molecule has 23 heavy (non-hydrogen) atoms. The van der Waals surface area contributed by atoms with E-state index in [0.717, 1.165) is 12.3 Å². The van der Waals surface area contributed by atoms with Crippen molar-refractivity contribution in [1.29, 1.82) is 0 Å². The molecular formula is C20H33NO2. The number of hydrogen-bond donors (Lipinski definition) is 1. The molecule has 1 aliphatic rings. The van der Waals surface area contributed by atoms with Gasteiger partial charge in [-0.05, 0) is 36.9 Å². The fourth-order valence-corrected chi connectivity index (χ4v) is 3.58. The molecule has 1 aromatic rings. The Morgan fingerprint density at radius 3 is 2.52 bits per heavy atom. The Bertz CT molecular complexity index is 455. The lowest BCUT2D eigenvalue weighted by atomic mass is 9.94. The van der Waals surface area contributed by atoms with E-state index in [2.05, 4.69) is 31.7 Å². The smallest absolute Gasteiger partial charge is 0.122 e. The highest BCUT2D eigenvalue weighted by atomic mass is 16.5. The zero-order valence-corrected chi connectivity index (χ0v) is 15.0. The lowest BCUT2D eigenvalue weighted by Crippen LogP contribution is -2.43. The van der Waals surface area contributed by atoms with Gasteiger partial charge in [0.25, 0.3) is 0 Å². The maximum absolute atomic E-state index is 10.4. The zero-order chi connectivity index (χ0) is 16.7. The van der Waals surface area contributed by atoms with Crippen molar-refractivity contribution in [3.63, 3.8) is 0 Å². The Hall–Kier alpha value is -1.06. The molecule has 3 heteroatoms. The Kier molecular flexibility index (Phi) is 7.38. The molecule has 0 spiro atoms. The van der Waals surface area contributed by atoms with Gasteiger partial charge in [0.1, 0.15) is 18.5 Å². The van der Waals surface area contributed by atoms with E-state index in [1.165, 1.54) is 37.7 Å². The average molecular weight is 319 g/mol. The van der Waals surface area contributed by atoms with Crippen LogP contribution in [-0.4, -0.2) is 41.8 Å². The molecule has 1 fully saturated rings. The summed E-state index contributed by atoms with van der Waals surface area (Å²) in [6.07, 6.45) is 6.14. The molecular weight excluding hydrogens is 286 g/mol. The van der Waals surface area contributed by atoms with Gasteiger partial charge < -0.3 is 9.84 Å². The molecule has 3 nitrogen and oxygen atoms in total. The molecule has 0 saturated heterocycles. The fraction of sp³-hybridized carbons (Fsp3) is 0.700. The molecule has 1 saturated carbocycles. The first-order valence-corrected chi connectivity index (χ1v) is 9.25. The molecule has 1 aromatic carbocycles. The van der Waals surface area contributed by atoms with E-state index in [0.29, 0.717) is 25.1 Å². The van der Waals surface area contributed by atoms with Crippen molar-refractivity contribution in [2.75, 3.05) is 19.7 Å². The van der Waals surface area contributed by atoms with E-state index in [4.69, 9.17) is 4.74 Å². The minimum Gasteiger partial charge on any atom is -0.491 e. The number of benzene rings is 1. The van der Waals surface area contributed by atoms with Crippen LogP contribution in [0.15, 0.2) is 24.3 Å². The number of hydrogen-bond acceptors (Lipinski definition) is 3. The van der Waals surface area contributed by atoms with Gasteiger partial charge in [0.15, 0.2) is 0 Å². The molecule has 1 atom stereocenters. The number of nitrogens with zero attached hydrogens (tertiary/aromatic N) is 1. The van der Waals surface area contributed by atoms with Gasteiger partial charge in [0, 0.05) is 12.6 Å². The molecule has 0 radical (unpaired) electrons. The molecule has 0 aromatic heterocycles.